The van der Waals surface area contributed by atoms with Gasteiger partial charge in [-0.25, -0.2) is 0 Å². The predicted octanol–water partition coefficient (Wildman–Crippen LogP) is 4.50. The van der Waals surface area contributed by atoms with E-state index >= 15 is 0 Å². The Hall–Kier alpha value is -0.0400. The molecule has 1 nitrogen and oxygen atoms in total. The van der Waals surface area contributed by atoms with Gasteiger partial charge in [-0.3, -0.25) is 0 Å². The minimum Gasteiger partial charge on any atom is -0.327 e. The third kappa shape index (κ3) is 4.86. The van der Waals surface area contributed by atoms with Crippen molar-refractivity contribution in [2.45, 2.75) is 84.1 Å². The molecule has 0 aromatic heterocycles. The zero-order valence-corrected chi connectivity index (χ0v) is 11.4. The van der Waals surface area contributed by atoms with Crippen molar-refractivity contribution in [2.24, 2.45) is 17.6 Å². The number of hydrogen-bond acceptors (Lipinski definition) is 1. The summed E-state index contributed by atoms with van der Waals surface area (Å²) < 4.78 is 0. The summed E-state index contributed by atoms with van der Waals surface area (Å²) in [7, 11) is 0. The summed E-state index contributed by atoms with van der Waals surface area (Å²) in [6.07, 6.45) is 13.8. The van der Waals surface area contributed by atoms with Gasteiger partial charge in [0.05, 0.1) is 0 Å². The van der Waals surface area contributed by atoms with Gasteiger partial charge < -0.3 is 5.73 Å². The molecule has 96 valence electrons. The molecule has 1 aliphatic carbocycles. The maximum absolute atomic E-state index is 6.40. The molecule has 0 bridgehead atoms. The maximum atomic E-state index is 6.40. The van der Waals surface area contributed by atoms with Gasteiger partial charge in [0.1, 0.15) is 0 Å². The molecule has 1 fully saturated rings. The average Bonchev–Trinajstić information content (AvgIpc) is 2.35. The lowest BCUT2D eigenvalue weighted by Gasteiger charge is -2.30. The first kappa shape index (κ1) is 14.0. The molecule has 0 aromatic rings. The van der Waals surface area contributed by atoms with Crippen molar-refractivity contribution in [1.82, 2.24) is 0 Å². The van der Waals surface area contributed by atoms with Crippen LogP contribution < -0.4 is 5.73 Å². The molecule has 1 saturated carbocycles. The highest BCUT2D eigenvalue weighted by Gasteiger charge is 2.22. The Morgan fingerprint density at radius 1 is 1.12 bits per heavy atom. The van der Waals surface area contributed by atoms with Crippen LogP contribution in [0.4, 0.5) is 0 Å². The summed E-state index contributed by atoms with van der Waals surface area (Å²) in [5.74, 6) is 1.72. The predicted molar refractivity (Wildman–Crippen MR) is 72.5 cm³/mol. The quantitative estimate of drug-likeness (QED) is 0.678. The van der Waals surface area contributed by atoms with Crippen LogP contribution in [0.15, 0.2) is 0 Å². The first-order valence-electron chi connectivity index (χ1n) is 7.53. The largest absolute Gasteiger partial charge is 0.327 e. The molecule has 0 aliphatic heterocycles. The second-order valence-corrected chi connectivity index (χ2v) is 5.71. The van der Waals surface area contributed by atoms with E-state index in [2.05, 4.69) is 13.8 Å². The second-order valence-electron chi connectivity index (χ2n) is 5.71. The third-order valence-corrected chi connectivity index (χ3v) is 4.40. The van der Waals surface area contributed by atoms with Crippen LogP contribution in [0.2, 0.25) is 0 Å². The Labute approximate surface area is 102 Å². The van der Waals surface area contributed by atoms with Gasteiger partial charge in [0, 0.05) is 6.04 Å². The van der Waals surface area contributed by atoms with E-state index in [9.17, 15) is 0 Å². The monoisotopic (exact) mass is 225 g/mol. The topological polar surface area (TPSA) is 26.0 Å². The van der Waals surface area contributed by atoms with Crippen molar-refractivity contribution in [3.05, 3.63) is 0 Å². The lowest BCUT2D eigenvalue weighted by Crippen LogP contribution is -2.33. The Bertz CT molecular complexity index is 161. The molecule has 1 heteroatoms. The zero-order valence-electron chi connectivity index (χ0n) is 11.4. The molecule has 2 atom stereocenters. The van der Waals surface area contributed by atoms with Crippen LogP contribution in [0, 0.1) is 11.8 Å². The minimum absolute atomic E-state index is 0.488. The van der Waals surface area contributed by atoms with Crippen molar-refractivity contribution in [3.8, 4) is 0 Å². The fourth-order valence-electron chi connectivity index (χ4n) is 3.12. The molecule has 1 rings (SSSR count). The van der Waals surface area contributed by atoms with Crippen LogP contribution in [0.5, 0.6) is 0 Å². The van der Waals surface area contributed by atoms with E-state index in [4.69, 9.17) is 5.73 Å². The summed E-state index contributed by atoms with van der Waals surface area (Å²) in [5.41, 5.74) is 6.40. The van der Waals surface area contributed by atoms with E-state index in [1.807, 2.05) is 0 Å². The molecule has 2 unspecified atom stereocenters. The number of rotatable bonds is 7. The van der Waals surface area contributed by atoms with E-state index < -0.39 is 0 Å². The third-order valence-electron chi connectivity index (χ3n) is 4.40. The van der Waals surface area contributed by atoms with Crippen molar-refractivity contribution < 1.29 is 0 Å². The lowest BCUT2D eigenvalue weighted by molar-refractivity contribution is 0.259. The molecule has 0 saturated heterocycles. The van der Waals surface area contributed by atoms with E-state index in [-0.39, 0.29) is 0 Å². The Morgan fingerprint density at radius 2 is 1.81 bits per heavy atom. The lowest BCUT2D eigenvalue weighted by atomic mass is 9.79. The van der Waals surface area contributed by atoms with E-state index in [0.29, 0.717) is 6.04 Å². The summed E-state index contributed by atoms with van der Waals surface area (Å²) in [6, 6.07) is 0.488. The van der Waals surface area contributed by atoms with Crippen LogP contribution in [0.25, 0.3) is 0 Å². The van der Waals surface area contributed by atoms with Gasteiger partial charge in [-0.1, -0.05) is 58.8 Å². The Balaban J connectivity index is 2.26. The zero-order chi connectivity index (χ0) is 11.8. The molecular formula is C15H31N. The van der Waals surface area contributed by atoms with Gasteiger partial charge in [-0.15, -0.1) is 0 Å². The van der Waals surface area contributed by atoms with Gasteiger partial charge in [-0.2, -0.15) is 0 Å². The van der Waals surface area contributed by atoms with Crippen LogP contribution in [0.1, 0.15) is 78.1 Å². The maximum Gasteiger partial charge on any atom is 0.00697 e. The summed E-state index contributed by atoms with van der Waals surface area (Å²) >= 11 is 0. The van der Waals surface area contributed by atoms with Crippen molar-refractivity contribution in [2.75, 3.05) is 0 Å². The van der Waals surface area contributed by atoms with Crippen molar-refractivity contribution in [3.63, 3.8) is 0 Å². The summed E-state index contributed by atoms with van der Waals surface area (Å²) in [6.45, 7) is 4.61. The Morgan fingerprint density at radius 3 is 2.38 bits per heavy atom. The van der Waals surface area contributed by atoms with E-state index in [0.717, 1.165) is 11.8 Å². The highest BCUT2D eigenvalue weighted by Crippen LogP contribution is 2.29. The van der Waals surface area contributed by atoms with Gasteiger partial charge in [-0.05, 0) is 31.1 Å². The number of unbranched alkanes of at least 4 members (excludes halogenated alkanes) is 1. The minimum atomic E-state index is 0.488. The molecule has 0 aromatic carbocycles. The van der Waals surface area contributed by atoms with Crippen LogP contribution in [-0.4, -0.2) is 6.04 Å². The smallest absolute Gasteiger partial charge is 0.00697 e. The first-order chi connectivity index (χ1) is 7.77. The second kappa shape index (κ2) is 8.11. The summed E-state index contributed by atoms with van der Waals surface area (Å²) in [5, 5.41) is 0. The van der Waals surface area contributed by atoms with Crippen LogP contribution in [0.3, 0.4) is 0 Å². The van der Waals surface area contributed by atoms with Crippen molar-refractivity contribution in [1.29, 1.82) is 0 Å². The average molecular weight is 225 g/mol. The molecule has 16 heavy (non-hydrogen) atoms. The fourth-order valence-corrected chi connectivity index (χ4v) is 3.12. The molecule has 0 amide bonds. The fraction of sp³-hybridized carbons (Fsp3) is 1.00. The summed E-state index contributed by atoms with van der Waals surface area (Å²) in [4.78, 5) is 0. The highest BCUT2D eigenvalue weighted by atomic mass is 14.7. The molecule has 2 N–H and O–H groups in total. The van der Waals surface area contributed by atoms with Gasteiger partial charge in [0.25, 0.3) is 0 Å². The van der Waals surface area contributed by atoms with Gasteiger partial charge in [0.15, 0.2) is 0 Å². The normalized spacial score (nSPS) is 21.9. The highest BCUT2D eigenvalue weighted by molar-refractivity contribution is 4.78. The number of hydrogen-bond donors (Lipinski definition) is 1. The first-order valence-corrected chi connectivity index (χ1v) is 7.53. The number of nitrogens with two attached hydrogens (primary N) is 1. The SMILES string of the molecule is CCCCC(CC)CC(N)C1CCCCC1. The molecular weight excluding hydrogens is 194 g/mol. The van der Waals surface area contributed by atoms with Crippen LogP contribution >= 0.6 is 0 Å². The molecule has 0 spiro atoms. The van der Waals surface area contributed by atoms with Crippen molar-refractivity contribution >= 4 is 0 Å². The molecule has 0 heterocycles. The van der Waals surface area contributed by atoms with Crippen LogP contribution in [-0.2, 0) is 0 Å². The van der Waals surface area contributed by atoms with Gasteiger partial charge in [0.2, 0.25) is 0 Å². The van der Waals surface area contributed by atoms with E-state index in [1.165, 1.54) is 64.2 Å². The standard InChI is InChI=1S/C15H31N/c1-3-5-9-13(4-2)12-15(16)14-10-7-6-8-11-14/h13-15H,3-12,16H2,1-2H3. The molecule has 0 radical (unpaired) electrons. The Kier molecular flexibility index (Phi) is 7.11. The molecule has 1 aliphatic rings. The van der Waals surface area contributed by atoms with E-state index in [1.54, 1.807) is 0 Å². The van der Waals surface area contributed by atoms with Gasteiger partial charge >= 0.3 is 0 Å².